The molecule has 0 radical (unpaired) electrons. The second-order valence-electron chi connectivity index (χ2n) is 5.52. The number of ether oxygens (including phenoxy) is 3. The number of amides is 1. The van der Waals surface area contributed by atoms with Crippen molar-refractivity contribution in [2.75, 3.05) is 21.3 Å². The van der Waals surface area contributed by atoms with Crippen molar-refractivity contribution in [2.45, 2.75) is 20.4 Å². The molecule has 0 aliphatic carbocycles. The summed E-state index contributed by atoms with van der Waals surface area (Å²) in [7, 11) is 4.58. The maximum atomic E-state index is 12.6. The van der Waals surface area contributed by atoms with E-state index in [1.165, 1.54) is 26.9 Å². The number of aryl methyl sites for hydroxylation is 2. The molecule has 5 nitrogen and oxygen atoms in total. The number of carbonyl (C=O) groups excluding carboxylic acids is 1. The molecule has 0 spiro atoms. The quantitative estimate of drug-likeness (QED) is 0.884. The lowest BCUT2D eigenvalue weighted by molar-refractivity contribution is 0.0947. The lowest BCUT2D eigenvalue weighted by Crippen LogP contribution is -2.24. The molecule has 0 atom stereocenters. The van der Waals surface area contributed by atoms with Gasteiger partial charge in [0.1, 0.15) is 5.75 Å². The molecule has 0 fully saturated rings. The van der Waals surface area contributed by atoms with Gasteiger partial charge in [-0.3, -0.25) is 4.79 Å². The number of nitrogens with one attached hydrogen (secondary N) is 1. The first-order valence-electron chi connectivity index (χ1n) is 7.64. The summed E-state index contributed by atoms with van der Waals surface area (Å²) < 4.78 is 15.8. The molecule has 0 bridgehead atoms. The van der Waals surface area contributed by atoms with Gasteiger partial charge in [-0.25, -0.2) is 0 Å². The molecule has 2 rings (SSSR count). The van der Waals surface area contributed by atoms with Crippen LogP contribution < -0.4 is 19.5 Å². The van der Waals surface area contributed by atoms with Crippen LogP contribution in [0.5, 0.6) is 17.2 Å². The Kier molecular flexibility index (Phi) is 5.68. The van der Waals surface area contributed by atoms with Crippen LogP contribution in [0.3, 0.4) is 0 Å². The highest BCUT2D eigenvalue weighted by atomic mass is 16.5. The molecule has 0 unspecified atom stereocenters. The smallest absolute Gasteiger partial charge is 0.255 e. The molecule has 128 valence electrons. The zero-order valence-electron chi connectivity index (χ0n) is 14.7. The van der Waals surface area contributed by atoms with Crippen LogP contribution in [0.25, 0.3) is 0 Å². The summed E-state index contributed by atoms with van der Waals surface area (Å²) >= 11 is 0. The fourth-order valence-electron chi connectivity index (χ4n) is 2.52. The van der Waals surface area contributed by atoms with E-state index in [0.717, 1.165) is 11.1 Å². The van der Waals surface area contributed by atoms with E-state index in [0.29, 0.717) is 29.4 Å². The Bertz CT molecular complexity index is 740. The number of hydrogen-bond donors (Lipinski definition) is 1. The zero-order chi connectivity index (χ0) is 17.7. The molecule has 0 aliphatic rings. The molecule has 1 N–H and O–H groups in total. The number of rotatable bonds is 6. The third-order valence-corrected chi connectivity index (χ3v) is 3.89. The highest BCUT2D eigenvalue weighted by Crippen LogP contribution is 2.34. The molecule has 0 saturated heterocycles. The molecular formula is C19H23NO4. The minimum atomic E-state index is -0.229. The van der Waals surface area contributed by atoms with Crippen LogP contribution in [-0.4, -0.2) is 27.2 Å². The van der Waals surface area contributed by atoms with Crippen molar-refractivity contribution in [1.82, 2.24) is 5.32 Å². The summed E-state index contributed by atoms with van der Waals surface area (Å²) in [4.78, 5) is 12.6. The molecule has 24 heavy (non-hydrogen) atoms. The Hall–Kier alpha value is -2.69. The van der Waals surface area contributed by atoms with Crippen molar-refractivity contribution in [2.24, 2.45) is 0 Å². The van der Waals surface area contributed by atoms with Crippen LogP contribution in [0.15, 0.2) is 30.3 Å². The first kappa shape index (κ1) is 17.7. The van der Waals surface area contributed by atoms with Gasteiger partial charge in [-0.1, -0.05) is 23.8 Å². The molecule has 1 amide bonds. The van der Waals surface area contributed by atoms with Crippen molar-refractivity contribution in [1.29, 1.82) is 0 Å². The van der Waals surface area contributed by atoms with Gasteiger partial charge in [-0.2, -0.15) is 0 Å². The predicted molar refractivity (Wildman–Crippen MR) is 93.2 cm³/mol. The van der Waals surface area contributed by atoms with Crippen molar-refractivity contribution in [3.05, 3.63) is 52.6 Å². The summed E-state index contributed by atoms with van der Waals surface area (Å²) in [6.07, 6.45) is 0. The minimum absolute atomic E-state index is 0.229. The van der Waals surface area contributed by atoms with E-state index in [1.54, 1.807) is 12.1 Å². The number of hydrogen-bond acceptors (Lipinski definition) is 4. The number of benzene rings is 2. The average Bonchev–Trinajstić information content (AvgIpc) is 2.59. The highest BCUT2D eigenvalue weighted by Gasteiger charge is 2.17. The molecular weight excluding hydrogens is 306 g/mol. The molecule has 2 aromatic carbocycles. The van der Waals surface area contributed by atoms with E-state index in [2.05, 4.69) is 11.4 Å². The Morgan fingerprint density at radius 3 is 2.12 bits per heavy atom. The monoisotopic (exact) mass is 329 g/mol. The van der Waals surface area contributed by atoms with Gasteiger partial charge in [-0.05, 0) is 25.0 Å². The maximum absolute atomic E-state index is 12.6. The van der Waals surface area contributed by atoms with Crippen molar-refractivity contribution in [3.8, 4) is 17.2 Å². The summed E-state index contributed by atoms with van der Waals surface area (Å²) in [6, 6.07) is 9.42. The predicted octanol–water partition coefficient (Wildman–Crippen LogP) is 3.26. The van der Waals surface area contributed by atoms with E-state index >= 15 is 0 Å². The molecule has 5 heteroatoms. The van der Waals surface area contributed by atoms with Gasteiger partial charge < -0.3 is 19.5 Å². The van der Waals surface area contributed by atoms with Gasteiger partial charge in [-0.15, -0.1) is 0 Å². The minimum Gasteiger partial charge on any atom is -0.496 e. The van der Waals surface area contributed by atoms with Crippen LogP contribution >= 0.6 is 0 Å². The third-order valence-electron chi connectivity index (χ3n) is 3.89. The van der Waals surface area contributed by atoms with Crippen LogP contribution in [-0.2, 0) is 6.54 Å². The number of carbonyl (C=O) groups is 1. The zero-order valence-corrected chi connectivity index (χ0v) is 14.7. The van der Waals surface area contributed by atoms with Crippen LogP contribution in [0.1, 0.15) is 27.0 Å². The van der Waals surface area contributed by atoms with Crippen LogP contribution in [0.2, 0.25) is 0 Å². The van der Waals surface area contributed by atoms with Gasteiger partial charge in [0.2, 0.25) is 0 Å². The average molecular weight is 329 g/mol. The summed E-state index contributed by atoms with van der Waals surface area (Å²) in [6.45, 7) is 4.53. The van der Waals surface area contributed by atoms with Gasteiger partial charge in [0.25, 0.3) is 5.91 Å². The lowest BCUT2D eigenvalue weighted by Gasteiger charge is -2.14. The normalized spacial score (nSPS) is 10.2. The topological polar surface area (TPSA) is 56.8 Å². The van der Waals surface area contributed by atoms with Crippen molar-refractivity contribution in [3.63, 3.8) is 0 Å². The standard InChI is InChI=1S/C19H23NO4/c1-12-6-7-14(13(2)8-12)11-20-19(21)15-9-17(23-4)18(24-5)10-16(15)22-3/h6-10H,11H2,1-5H3,(H,20,21). The second kappa shape index (κ2) is 7.73. The summed E-state index contributed by atoms with van der Waals surface area (Å²) in [5.41, 5.74) is 3.83. The van der Waals surface area contributed by atoms with E-state index in [4.69, 9.17) is 14.2 Å². The number of methoxy groups -OCH3 is 3. The molecule has 2 aromatic rings. The van der Waals surface area contributed by atoms with Crippen molar-refractivity contribution >= 4 is 5.91 Å². The van der Waals surface area contributed by atoms with Crippen molar-refractivity contribution < 1.29 is 19.0 Å². The van der Waals surface area contributed by atoms with Gasteiger partial charge >= 0.3 is 0 Å². The fourth-order valence-corrected chi connectivity index (χ4v) is 2.52. The van der Waals surface area contributed by atoms with Crippen LogP contribution in [0, 0.1) is 13.8 Å². The molecule has 0 heterocycles. The van der Waals surface area contributed by atoms with E-state index in [1.807, 2.05) is 26.0 Å². The third kappa shape index (κ3) is 3.79. The summed E-state index contributed by atoms with van der Waals surface area (Å²) in [5, 5.41) is 2.92. The lowest BCUT2D eigenvalue weighted by atomic mass is 10.1. The largest absolute Gasteiger partial charge is 0.496 e. The Morgan fingerprint density at radius 1 is 0.917 bits per heavy atom. The molecule has 0 aromatic heterocycles. The first-order valence-corrected chi connectivity index (χ1v) is 7.64. The van der Waals surface area contributed by atoms with E-state index < -0.39 is 0 Å². The Balaban J connectivity index is 2.22. The Labute approximate surface area is 142 Å². The van der Waals surface area contributed by atoms with Gasteiger partial charge in [0.05, 0.1) is 26.9 Å². The molecule has 0 saturated carbocycles. The molecule has 0 aliphatic heterocycles. The first-order chi connectivity index (χ1) is 11.5. The second-order valence-corrected chi connectivity index (χ2v) is 5.52. The maximum Gasteiger partial charge on any atom is 0.255 e. The Morgan fingerprint density at radius 2 is 1.54 bits per heavy atom. The SMILES string of the molecule is COc1cc(OC)c(C(=O)NCc2ccc(C)cc2C)cc1OC. The fraction of sp³-hybridized carbons (Fsp3) is 0.316. The van der Waals surface area contributed by atoms with Gasteiger partial charge in [0.15, 0.2) is 11.5 Å². The van der Waals surface area contributed by atoms with E-state index in [-0.39, 0.29) is 5.91 Å². The summed E-state index contributed by atoms with van der Waals surface area (Å²) in [5.74, 6) is 1.20. The highest BCUT2D eigenvalue weighted by molar-refractivity contribution is 5.97. The van der Waals surface area contributed by atoms with Gasteiger partial charge in [0, 0.05) is 18.7 Å². The van der Waals surface area contributed by atoms with E-state index in [9.17, 15) is 4.79 Å². The van der Waals surface area contributed by atoms with Crippen LogP contribution in [0.4, 0.5) is 0 Å².